The second kappa shape index (κ2) is 11.8. The predicted molar refractivity (Wildman–Crippen MR) is 145 cm³/mol. The molecular weight excluding hydrogens is 508 g/mol. The third kappa shape index (κ3) is 6.05. The fraction of sp³-hybridized carbons (Fsp3) is 0.138. The summed E-state index contributed by atoms with van der Waals surface area (Å²) >= 11 is 6.83. The lowest BCUT2D eigenvalue weighted by Crippen LogP contribution is -2.27. The monoisotopic (exact) mass is 530 g/mol. The molecule has 0 N–H and O–H groups in total. The third-order valence-corrected chi connectivity index (χ3v) is 6.83. The molecule has 0 spiro atoms. The molecule has 1 fully saturated rings. The number of methoxy groups -OCH3 is 1. The molecule has 1 aliphatic rings. The van der Waals surface area contributed by atoms with Gasteiger partial charge in [-0.3, -0.25) is 14.5 Å². The zero-order valence-corrected chi connectivity index (χ0v) is 21.6. The first-order valence-electron chi connectivity index (χ1n) is 11.4. The minimum absolute atomic E-state index is 0.168. The van der Waals surface area contributed by atoms with E-state index in [0.29, 0.717) is 39.0 Å². The fourth-order valence-corrected chi connectivity index (χ4v) is 4.82. The summed E-state index contributed by atoms with van der Waals surface area (Å²) in [7, 11) is 1.53. The summed E-state index contributed by atoms with van der Waals surface area (Å²) in [6.45, 7) is 4.19. The van der Waals surface area contributed by atoms with Crippen molar-refractivity contribution in [2.75, 3.05) is 7.11 Å². The molecule has 2 amide bonds. The molecule has 0 saturated carbocycles. The van der Waals surface area contributed by atoms with E-state index in [1.807, 2.05) is 18.2 Å². The molecule has 1 saturated heterocycles. The average Bonchev–Trinajstić information content (AvgIpc) is 3.16. The van der Waals surface area contributed by atoms with E-state index in [2.05, 4.69) is 12.6 Å². The zero-order valence-electron chi connectivity index (χ0n) is 20.1. The first kappa shape index (κ1) is 26.1. The number of nitrogens with zero attached hydrogens (tertiary/aromatic N) is 2. The molecule has 0 radical (unpaired) electrons. The van der Waals surface area contributed by atoms with Gasteiger partial charge in [0.2, 0.25) is 0 Å². The van der Waals surface area contributed by atoms with Crippen molar-refractivity contribution in [3.05, 3.63) is 111 Å². The zero-order chi connectivity index (χ0) is 26.4. The predicted octanol–water partition coefficient (Wildman–Crippen LogP) is 6.76. The normalized spacial score (nSPS) is 14.1. The Hall–Kier alpha value is -3.99. The fourth-order valence-electron chi connectivity index (χ4n) is 3.85. The van der Waals surface area contributed by atoms with Crippen molar-refractivity contribution in [1.82, 2.24) is 4.90 Å². The first-order valence-corrected chi connectivity index (χ1v) is 12.6. The van der Waals surface area contributed by atoms with Gasteiger partial charge < -0.3 is 9.47 Å². The second-order valence-corrected chi connectivity index (χ2v) is 9.59. The van der Waals surface area contributed by atoms with Crippen molar-refractivity contribution in [1.29, 1.82) is 5.26 Å². The number of carbonyl (C=O) groups is 2. The van der Waals surface area contributed by atoms with Crippen LogP contribution in [0.4, 0.5) is 4.79 Å². The maximum atomic E-state index is 13.0. The van der Waals surface area contributed by atoms with Gasteiger partial charge in [-0.1, -0.05) is 48.0 Å². The minimum Gasteiger partial charge on any atom is -0.493 e. The molecule has 0 bridgehead atoms. The molecule has 3 aromatic rings. The van der Waals surface area contributed by atoms with Crippen LogP contribution in [0, 0.1) is 11.3 Å². The van der Waals surface area contributed by atoms with Crippen molar-refractivity contribution >= 4 is 40.6 Å². The number of hydrogen-bond donors (Lipinski definition) is 0. The summed E-state index contributed by atoms with van der Waals surface area (Å²) in [6, 6.07) is 20.1. The number of rotatable bonds is 9. The molecule has 1 heterocycles. The van der Waals surface area contributed by atoms with Crippen molar-refractivity contribution < 1.29 is 19.1 Å². The summed E-state index contributed by atoms with van der Waals surface area (Å²) in [4.78, 5) is 27.2. The Balaban J connectivity index is 1.60. The lowest BCUT2D eigenvalue weighted by atomic mass is 10.0. The quantitative estimate of drug-likeness (QED) is 0.224. The Labute approximate surface area is 224 Å². The second-order valence-electron chi connectivity index (χ2n) is 8.16. The van der Waals surface area contributed by atoms with E-state index in [1.54, 1.807) is 54.6 Å². The Bertz CT molecular complexity index is 1430. The van der Waals surface area contributed by atoms with Crippen LogP contribution in [-0.2, 0) is 24.4 Å². The van der Waals surface area contributed by atoms with Gasteiger partial charge in [-0.25, -0.2) is 0 Å². The van der Waals surface area contributed by atoms with Gasteiger partial charge in [-0.15, -0.1) is 6.58 Å². The van der Waals surface area contributed by atoms with Crippen LogP contribution in [0.5, 0.6) is 11.5 Å². The Morgan fingerprint density at radius 1 is 1.11 bits per heavy atom. The van der Waals surface area contributed by atoms with E-state index in [4.69, 9.17) is 21.1 Å². The van der Waals surface area contributed by atoms with Gasteiger partial charge in [0.25, 0.3) is 11.1 Å². The molecule has 37 heavy (non-hydrogen) atoms. The number of amides is 2. The molecule has 0 aromatic heterocycles. The van der Waals surface area contributed by atoms with Gasteiger partial charge in [0.1, 0.15) is 6.61 Å². The summed E-state index contributed by atoms with van der Waals surface area (Å²) in [5.41, 5.74) is 3.60. The first-order chi connectivity index (χ1) is 17.9. The average molecular weight is 531 g/mol. The van der Waals surface area contributed by atoms with Gasteiger partial charge in [-0.05, 0) is 65.7 Å². The highest BCUT2D eigenvalue weighted by Gasteiger charge is 2.35. The van der Waals surface area contributed by atoms with E-state index in [0.717, 1.165) is 28.5 Å². The van der Waals surface area contributed by atoms with Gasteiger partial charge >= 0.3 is 0 Å². The van der Waals surface area contributed by atoms with E-state index >= 15 is 0 Å². The lowest BCUT2D eigenvalue weighted by Gasteiger charge is -2.16. The smallest absolute Gasteiger partial charge is 0.293 e. The number of thioether (sulfide) groups is 1. The number of benzene rings is 3. The molecule has 3 aromatic carbocycles. The molecule has 0 aliphatic carbocycles. The molecule has 1 aliphatic heterocycles. The molecule has 6 nitrogen and oxygen atoms in total. The Kier molecular flexibility index (Phi) is 8.34. The van der Waals surface area contributed by atoms with Crippen LogP contribution < -0.4 is 9.47 Å². The van der Waals surface area contributed by atoms with Crippen LogP contribution in [-0.4, -0.2) is 23.2 Å². The third-order valence-electron chi connectivity index (χ3n) is 5.67. The minimum atomic E-state index is -0.359. The molecule has 8 heteroatoms. The van der Waals surface area contributed by atoms with Crippen LogP contribution in [0.2, 0.25) is 5.02 Å². The number of nitriles is 1. The molecule has 0 unspecified atom stereocenters. The highest BCUT2D eigenvalue weighted by atomic mass is 35.5. The maximum Gasteiger partial charge on any atom is 0.293 e. The summed E-state index contributed by atoms with van der Waals surface area (Å²) in [6.07, 6.45) is 3.91. The van der Waals surface area contributed by atoms with Crippen molar-refractivity contribution in [2.45, 2.75) is 19.6 Å². The van der Waals surface area contributed by atoms with E-state index in [1.165, 1.54) is 12.0 Å². The Morgan fingerprint density at radius 3 is 2.57 bits per heavy atom. The number of carbonyl (C=O) groups excluding carboxylic acids is 2. The molecule has 0 atom stereocenters. The van der Waals surface area contributed by atoms with Crippen LogP contribution in [0.25, 0.3) is 6.08 Å². The van der Waals surface area contributed by atoms with Gasteiger partial charge in [0, 0.05) is 16.1 Å². The molecule has 4 rings (SSSR count). The van der Waals surface area contributed by atoms with E-state index in [-0.39, 0.29) is 24.3 Å². The highest BCUT2D eigenvalue weighted by Crippen LogP contribution is 2.38. The van der Waals surface area contributed by atoms with Gasteiger partial charge in [0.15, 0.2) is 11.5 Å². The number of hydrogen-bond acceptors (Lipinski definition) is 6. The van der Waals surface area contributed by atoms with Gasteiger partial charge in [0.05, 0.1) is 30.2 Å². The van der Waals surface area contributed by atoms with Crippen LogP contribution >= 0.6 is 23.4 Å². The summed E-state index contributed by atoms with van der Waals surface area (Å²) in [5, 5.41) is 9.62. The summed E-state index contributed by atoms with van der Waals surface area (Å²) in [5.74, 6) is 0.645. The number of allylic oxidation sites excluding steroid dienone is 1. The molecule has 186 valence electrons. The van der Waals surface area contributed by atoms with Crippen molar-refractivity contribution in [2.24, 2.45) is 0 Å². The largest absolute Gasteiger partial charge is 0.493 e. The maximum absolute atomic E-state index is 13.0. The van der Waals surface area contributed by atoms with Crippen LogP contribution in [0.15, 0.2) is 78.2 Å². The van der Waals surface area contributed by atoms with Crippen molar-refractivity contribution in [3.8, 4) is 17.6 Å². The standard InChI is InChI=1S/C29H23ClN2O4S/c1-3-6-21-13-20(14-25(35-2)27(21)36-18-23-8-5-4-7-22(23)16-31)15-26-28(33)32(29(34)37-26)17-19-9-11-24(30)12-10-19/h3-5,7-15H,1,6,17-18H2,2H3/b26-15-. The lowest BCUT2D eigenvalue weighted by molar-refractivity contribution is -0.123. The topological polar surface area (TPSA) is 79.6 Å². The molecular formula is C29H23ClN2O4S. The number of ether oxygens (including phenoxy) is 2. The number of halogens is 1. The van der Waals surface area contributed by atoms with Crippen LogP contribution in [0.1, 0.15) is 27.8 Å². The highest BCUT2D eigenvalue weighted by molar-refractivity contribution is 8.18. The summed E-state index contributed by atoms with van der Waals surface area (Å²) < 4.78 is 11.7. The van der Waals surface area contributed by atoms with E-state index in [9.17, 15) is 14.9 Å². The van der Waals surface area contributed by atoms with Gasteiger partial charge in [-0.2, -0.15) is 5.26 Å². The van der Waals surface area contributed by atoms with Crippen LogP contribution in [0.3, 0.4) is 0 Å². The van der Waals surface area contributed by atoms with E-state index < -0.39 is 0 Å². The van der Waals surface area contributed by atoms with Crippen molar-refractivity contribution in [3.63, 3.8) is 0 Å². The SMILES string of the molecule is C=CCc1cc(/C=C2\SC(=O)N(Cc3ccc(Cl)cc3)C2=O)cc(OC)c1OCc1ccccc1C#N. The Morgan fingerprint density at radius 2 is 1.86 bits per heavy atom. The number of imide groups is 1.